The molecule has 0 saturated heterocycles. The van der Waals surface area contributed by atoms with Crippen molar-refractivity contribution < 1.29 is 4.74 Å². The van der Waals surface area contributed by atoms with Crippen LogP contribution >= 0.6 is 11.8 Å². The monoisotopic (exact) mass is 355 g/mol. The van der Waals surface area contributed by atoms with Gasteiger partial charge in [-0.1, -0.05) is 45.0 Å². The van der Waals surface area contributed by atoms with Crippen molar-refractivity contribution in [1.29, 1.82) is 0 Å². The van der Waals surface area contributed by atoms with Crippen molar-refractivity contribution in [3.8, 4) is 17.3 Å². The lowest BCUT2D eigenvalue weighted by Gasteiger charge is -2.19. The molecule has 3 aromatic rings. The minimum absolute atomic E-state index is 0.128. The molecule has 1 aromatic carbocycles. The van der Waals surface area contributed by atoms with Gasteiger partial charge in [0.1, 0.15) is 0 Å². The molecule has 0 amide bonds. The van der Waals surface area contributed by atoms with E-state index in [0.717, 1.165) is 16.5 Å². The van der Waals surface area contributed by atoms with E-state index in [4.69, 9.17) is 4.74 Å². The van der Waals surface area contributed by atoms with Gasteiger partial charge in [-0.15, -0.1) is 10.2 Å². The van der Waals surface area contributed by atoms with Gasteiger partial charge in [-0.05, 0) is 22.7 Å². The minimum Gasteiger partial charge on any atom is -0.481 e. The number of methoxy groups -OCH3 is 1. The topological polar surface area (TPSA) is 65.7 Å². The second-order valence-corrected chi connectivity index (χ2v) is 7.61. The van der Waals surface area contributed by atoms with Gasteiger partial charge in [-0.3, -0.25) is 0 Å². The summed E-state index contributed by atoms with van der Waals surface area (Å²) in [5, 5.41) is 9.89. The smallest absolute Gasteiger partial charge is 0.217 e. The summed E-state index contributed by atoms with van der Waals surface area (Å²) in [4.78, 5) is 8.53. The van der Waals surface area contributed by atoms with E-state index in [1.807, 2.05) is 11.6 Å². The van der Waals surface area contributed by atoms with Gasteiger partial charge in [0.05, 0.1) is 7.11 Å². The normalized spacial score (nSPS) is 11.6. The first-order valence-electron chi connectivity index (χ1n) is 7.93. The molecule has 2 aromatic heterocycles. The van der Waals surface area contributed by atoms with Crippen molar-refractivity contribution in [2.24, 2.45) is 7.05 Å². The predicted octanol–water partition coefficient (Wildman–Crippen LogP) is 3.73. The molecule has 0 fully saturated rings. The summed E-state index contributed by atoms with van der Waals surface area (Å²) in [6.45, 7) is 6.60. The van der Waals surface area contributed by atoms with Gasteiger partial charge >= 0.3 is 0 Å². The zero-order valence-electron chi connectivity index (χ0n) is 15.0. The van der Waals surface area contributed by atoms with Gasteiger partial charge in [-0.25, -0.2) is 4.98 Å². The summed E-state index contributed by atoms with van der Waals surface area (Å²) in [5.74, 6) is 1.34. The molecule has 0 aliphatic heterocycles. The van der Waals surface area contributed by atoms with Crippen LogP contribution in [0.5, 0.6) is 5.88 Å². The van der Waals surface area contributed by atoms with Crippen LogP contribution in [0.25, 0.3) is 11.4 Å². The molecule has 0 bridgehead atoms. The van der Waals surface area contributed by atoms with E-state index in [0.29, 0.717) is 11.0 Å². The van der Waals surface area contributed by atoms with Crippen molar-refractivity contribution in [2.75, 3.05) is 7.11 Å². The Balaban J connectivity index is 1.85. The first-order chi connectivity index (χ1) is 11.9. The molecule has 130 valence electrons. The fourth-order valence-electron chi connectivity index (χ4n) is 2.34. The van der Waals surface area contributed by atoms with Gasteiger partial charge in [0.2, 0.25) is 5.88 Å². The van der Waals surface area contributed by atoms with Crippen LogP contribution in [-0.4, -0.2) is 31.8 Å². The Bertz CT molecular complexity index is 868. The lowest BCUT2D eigenvalue weighted by molar-refractivity contribution is 0.392. The average molecular weight is 355 g/mol. The van der Waals surface area contributed by atoms with Crippen molar-refractivity contribution in [2.45, 2.75) is 36.5 Å². The highest BCUT2D eigenvalue weighted by Gasteiger charge is 2.16. The third kappa shape index (κ3) is 3.82. The maximum atomic E-state index is 5.13. The fourth-order valence-corrected chi connectivity index (χ4v) is 3.06. The summed E-state index contributed by atoms with van der Waals surface area (Å²) in [7, 11) is 3.52. The second kappa shape index (κ2) is 6.84. The van der Waals surface area contributed by atoms with Crippen LogP contribution in [0.15, 0.2) is 46.8 Å². The molecule has 0 radical (unpaired) electrons. The predicted molar refractivity (Wildman–Crippen MR) is 97.8 cm³/mol. The first kappa shape index (κ1) is 17.4. The molecule has 6 nitrogen and oxygen atoms in total. The van der Waals surface area contributed by atoms with E-state index in [-0.39, 0.29) is 5.41 Å². The molecule has 2 heterocycles. The molecular weight excluding hydrogens is 334 g/mol. The summed E-state index contributed by atoms with van der Waals surface area (Å²) >= 11 is 1.35. The van der Waals surface area contributed by atoms with Gasteiger partial charge in [0.25, 0.3) is 0 Å². The van der Waals surface area contributed by atoms with Crippen LogP contribution in [0.4, 0.5) is 0 Å². The first-order valence-corrected chi connectivity index (χ1v) is 8.75. The zero-order chi connectivity index (χ0) is 18.0. The third-order valence-electron chi connectivity index (χ3n) is 3.84. The fraction of sp³-hybridized carbons (Fsp3) is 0.333. The summed E-state index contributed by atoms with van der Waals surface area (Å²) in [5.41, 5.74) is 2.45. The SMILES string of the molecule is COc1ccnc(Sc2nnc(-c3ccc(C(C)(C)C)cc3)n2C)n1. The molecule has 25 heavy (non-hydrogen) atoms. The van der Waals surface area contributed by atoms with Crippen molar-refractivity contribution in [1.82, 2.24) is 24.7 Å². The number of nitrogens with zero attached hydrogens (tertiary/aromatic N) is 5. The standard InChI is InChI=1S/C18H21N5OS/c1-18(2,3)13-8-6-12(7-9-13)15-21-22-17(23(15)4)25-16-19-11-10-14(20-16)24-5/h6-11H,1-5H3. The summed E-state index contributed by atoms with van der Waals surface area (Å²) in [6.07, 6.45) is 1.66. The van der Waals surface area contributed by atoms with Crippen molar-refractivity contribution >= 4 is 11.8 Å². The Morgan fingerprint density at radius 2 is 1.76 bits per heavy atom. The van der Waals surface area contributed by atoms with Gasteiger partial charge in [-0.2, -0.15) is 4.98 Å². The number of aromatic nitrogens is 5. The molecule has 0 unspecified atom stereocenters. The molecule has 0 saturated carbocycles. The molecule has 3 rings (SSSR count). The highest BCUT2D eigenvalue weighted by atomic mass is 32.2. The van der Waals surface area contributed by atoms with Crippen LogP contribution in [0, 0.1) is 0 Å². The van der Waals surface area contributed by atoms with Crippen LogP contribution in [0.3, 0.4) is 0 Å². The average Bonchev–Trinajstić information content (AvgIpc) is 2.95. The largest absolute Gasteiger partial charge is 0.481 e. The number of ether oxygens (including phenoxy) is 1. The number of hydrogen-bond donors (Lipinski definition) is 0. The van der Waals surface area contributed by atoms with Crippen LogP contribution in [-0.2, 0) is 12.5 Å². The zero-order valence-corrected chi connectivity index (χ0v) is 15.8. The quantitative estimate of drug-likeness (QED) is 0.665. The minimum atomic E-state index is 0.128. The molecule has 7 heteroatoms. The molecule has 0 atom stereocenters. The third-order valence-corrected chi connectivity index (χ3v) is 4.76. The Labute approximate surface area is 151 Å². The Kier molecular flexibility index (Phi) is 4.76. The van der Waals surface area contributed by atoms with Gasteiger partial charge in [0.15, 0.2) is 16.1 Å². The maximum Gasteiger partial charge on any atom is 0.217 e. The van der Waals surface area contributed by atoms with Crippen LogP contribution < -0.4 is 4.74 Å². The van der Waals surface area contributed by atoms with E-state index in [1.165, 1.54) is 17.3 Å². The highest BCUT2D eigenvalue weighted by Crippen LogP contribution is 2.29. The molecular formula is C18H21N5OS. The maximum absolute atomic E-state index is 5.13. The van der Waals surface area contributed by atoms with Crippen molar-refractivity contribution in [3.05, 3.63) is 42.1 Å². The van der Waals surface area contributed by atoms with Gasteiger partial charge in [0, 0.05) is 24.9 Å². The molecule has 0 aliphatic carbocycles. The lowest BCUT2D eigenvalue weighted by Crippen LogP contribution is -2.10. The van der Waals surface area contributed by atoms with Crippen LogP contribution in [0.2, 0.25) is 0 Å². The van der Waals surface area contributed by atoms with Crippen LogP contribution in [0.1, 0.15) is 26.3 Å². The Morgan fingerprint density at radius 3 is 2.40 bits per heavy atom. The van der Waals surface area contributed by atoms with E-state index in [9.17, 15) is 0 Å². The molecule has 0 spiro atoms. The molecule has 0 N–H and O–H groups in total. The van der Waals surface area contributed by atoms with E-state index in [1.54, 1.807) is 19.4 Å². The van der Waals surface area contributed by atoms with E-state index in [2.05, 4.69) is 65.2 Å². The lowest BCUT2D eigenvalue weighted by atomic mass is 9.87. The van der Waals surface area contributed by atoms with E-state index >= 15 is 0 Å². The Morgan fingerprint density at radius 1 is 1.04 bits per heavy atom. The second-order valence-electron chi connectivity index (χ2n) is 6.68. The summed E-state index contributed by atoms with van der Waals surface area (Å²) in [6, 6.07) is 10.2. The van der Waals surface area contributed by atoms with Crippen molar-refractivity contribution in [3.63, 3.8) is 0 Å². The molecule has 0 aliphatic rings. The van der Waals surface area contributed by atoms with Gasteiger partial charge < -0.3 is 9.30 Å². The van der Waals surface area contributed by atoms with E-state index < -0.39 is 0 Å². The highest BCUT2D eigenvalue weighted by molar-refractivity contribution is 7.99. The summed E-state index contributed by atoms with van der Waals surface area (Å²) < 4.78 is 7.07. The number of rotatable bonds is 4. The Hall–Kier alpha value is -2.41. The number of benzene rings is 1. The number of hydrogen-bond acceptors (Lipinski definition) is 6.